The molecule has 0 saturated heterocycles. The van der Waals surface area contributed by atoms with Gasteiger partial charge in [0, 0.05) is 6.54 Å². The van der Waals surface area contributed by atoms with Crippen LogP contribution in [0.25, 0.3) is 0 Å². The van der Waals surface area contributed by atoms with Gasteiger partial charge in [0.1, 0.15) is 0 Å². The quantitative estimate of drug-likeness (QED) is 0.836. The molecular formula is C9H15ClN2O3S2. The van der Waals surface area contributed by atoms with E-state index >= 15 is 0 Å². The predicted molar refractivity (Wildman–Crippen MR) is 67.8 cm³/mol. The second-order valence-corrected chi connectivity index (χ2v) is 7.29. The number of nitrogens with one attached hydrogen (secondary N) is 1. The number of rotatable bonds is 6. The Morgan fingerprint density at radius 1 is 1.53 bits per heavy atom. The smallest absolute Gasteiger partial charge is 0.251 e. The summed E-state index contributed by atoms with van der Waals surface area (Å²) in [5.74, 6) is 0. The fourth-order valence-electron chi connectivity index (χ4n) is 1.16. The van der Waals surface area contributed by atoms with Gasteiger partial charge in [-0.05, 0) is 12.8 Å². The van der Waals surface area contributed by atoms with Crippen LogP contribution in [-0.2, 0) is 10.0 Å². The van der Waals surface area contributed by atoms with Crippen LogP contribution in [0.4, 0.5) is 0 Å². The summed E-state index contributed by atoms with van der Waals surface area (Å²) in [7, 11) is -3.63. The van der Waals surface area contributed by atoms with E-state index in [0.717, 1.165) is 11.3 Å². The standard InChI is InChI=1S/C9H15ClN2O3S2/c1-3-9(13,4-2)6-12-17(14,15)7-5-11-8(10)16-7/h5,12-13H,3-4,6H2,1-2H3. The van der Waals surface area contributed by atoms with Gasteiger partial charge >= 0.3 is 0 Å². The molecular weight excluding hydrogens is 284 g/mol. The SMILES string of the molecule is CCC(O)(CC)CNS(=O)(=O)c1cnc(Cl)s1. The lowest BCUT2D eigenvalue weighted by Crippen LogP contribution is -2.41. The number of aliphatic hydroxyl groups is 1. The lowest BCUT2D eigenvalue weighted by molar-refractivity contribution is 0.0377. The molecule has 0 fully saturated rings. The minimum atomic E-state index is -3.63. The fraction of sp³-hybridized carbons (Fsp3) is 0.667. The predicted octanol–water partition coefficient (Wildman–Crippen LogP) is 1.63. The Kier molecular flexibility index (Phi) is 4.91. The summed E-state index contributed by atoms with van der Waals surface area (Å²) in [5.41, 5.74) is -1.01. The van der Waals surface area contributed by atoms with Crippen LogP contribution in [0.5, 0.6) is 0 Å². The van der Waals surface area contributed by atoms with Gasteiger partial charge in [-0.3, -0.25) is 0 Å². The van der Waals surface area contributed by atoms with Crippen molar-refractivity contribution < 1.29 is 13.5 Å². The van der Waals surface area contributed by atoms with Crippen molar-refractivity contribution >= 4 is 33.0 Å². The average molecular weight is 299 g/mol. The van der Waals surface area contributed by atoms with Gasteiger partial charge in [-0.2, -0.15) is 0 Å². The summed E-state index contributed by atoms with van der Waals surface area (Å²) in [4.78, 5) is 3.67. The summed E-state index contributed by atoms with van der Waals surface area (Å²) in [6, 6.07) is 0. The number of thiazole rings is 1. The van der Waals surface area contributed by atoms with Crippen LogP contribution in [0.15, 0.2) is 10.4 Å². The first-order valence-corrected chi connectivity index (χ1v) is 7.84. The summed E-state index contributed by atoms with van der Waals surface area (Å²) in [6.45, 7) is 3.60. The summed E-state index contributed by atoms with van der Waals surface area (Å²) >= 11 is 6.46. The third-order valence-corrected chi connectivity index (χ3v) is 5.61. The van der Waals surface area contributed by atoms with Gasteiger partial charge < -0.3 is 5.11 Å². The number of sulfonamides is 1. The first-order chi connectivity index (χ1) is 7.83. The van der Waals surface area contributed by atoms with Crippen molar-refractivity contribution in [3.63, 3.8) is 0 Å². The van der Waals surface area contributed by atoms with Crippen molar-refractivity contribution in [3.8, 4) is 0 Å². The second-order valence-electron chi connectivity index (χ2n) is 3.69. The average Bonchev–Trinajstić information content (AvgIpc) is 2.74. The third kappa shape index (κ3) is 3.89. The van der Waals surface area contributed by atoms with E-state index in [2.05, 4.69) is 9.71 Å². The summed E-state index contributed by atoms with van der Waals surface area (Å²) < 4.78 is 26.2. The topological polar surface area (TPSA) is 79.3 Å². The fourth-order valence-corrected chi connectivity index (χ4v) is 3.62. The minimum Gasteiger partial charge on any atom is -0.389 e. The Hall–Kier alpha value is -0.210. The Balaban J connectivity index is 2.75. The molecule has 98 valence electrons. The highest BCUT2D eigenvalue weighted by Gasteiger charge is 2.26. The van der Waals surface area contributed by atoms with Crippen molar-refractivity contribution in [1.29, 1.82) is 0 Å². The van der Waals surface area contributed by atoms with Crippen LogP contribution in [0.2, 0.25) is 4.47 Å². The van der Waals surface area contributed by atoms with Crippen LogP contribution in [0.3, 0.4) is 0 Å². The lowest BCUT2D eigenvalue weighted by Gasteiger charge is -2.24. The minimum absolute atomic E-state index is 0.0160. The molecule has 0 radical (unpaired) electrons. The normalized spacial score (nSPS) is 12.9. The molecule has 1 aromatic rings. The van der Waals surface area contributed by atoms with Crippen LogP contribution in [0, 0.1) is 0 Å². The molecule has 1 rings (SSSR count). The molecule has 5 nitrogen and oxygen atoms in total. The summed E-state index contributed by atoms with van der Waals surface area (Å²) in [5, 5.41) is 9.98. The highest BCUT2D eigenvalue weighted by atomic mass is 35.5. The second kappa shape index (κ2) is 5.62. The van der Waals surface area contributed by atoms with Gasteiger partial charge in [0.15, 0.2) is 8.68 Å². The molecule has 0 bridgehead atoms. The van der Waals surface area contributed by atoms with Crippen molar-refractivity contribution in [2.45, 2.75) is 36.5 Å². The molecule has 1 heterocycles. The van der Waals surface area contributed by atoms with Gasteiger partial charge in [0.25, 0.3) is 10.0 Å². The van der Waals surface area contributed by atoms with Crippen LogP contribution < -0.4 is 4.72 Å². The molecule has 0 aliphatic heterocycles. The van der Waals surface area contributed by atoms with Crippen LogP contribution in [-0.4, -0.2) is 30.7 Å². The Morgan fingerprint density at radius 2 is 2.12 bits per heavy atom. The molecule has 0 aromatic carbocycles. The molecule has 2 N–H and O–H groups in total. The molecule has 0 atom stereocenters. The first kappa shape index (κ1) is 14.8. The van der Waals surface area contributed by atoms with Gasteiger partial charge in [0.05, 0.1) is 11.8 Å². The number of aromatic nitrogens is 1. The maximum absolute atomic E-state index is 11.8. The zero-order valence-corrected chi connectivity index (χ0v) is 12.0. The first-order valence-electron chi connectivity index (χ1n) is 5.16. The molecule has 0 aliphatic rings. The maximum Gasteiger partial charge on any atom is 0.251 e. The van der Waals surface area contributed by atoms with Crippen molar-refractivity contribution in [2.75, 3.05) is 6.54 Å². The van der Waals surface area contributed by atoms with Gasteiger partial charge in [0.2, 0.25) is 0 Å². The number of halogens is 1. The van der Waals surface area contributed by atoms with Crippen LogP contribution >= 0.6 is 22.9 Å². The van der Waals surface area contributed by atoms with Crippen LogP contribution in [0.1, 0.15) is 26.7 Å². The van der Waals surface area contributed by atoms with Gasteiger partial charge in [-0.1, -0.05) is 36.8 Å². The number of nitrogens with zero attached hydrogens (tertiary/aromatic N) is 1. The Bertz CT molecular complexity index is 468. The van der Waals surface area contributed by atoms with E-state index in [1.807, 2.05) is 0 Å². The molecule has 1 aromatic heterocycles. The number of hydrogen-bond donors (Lipinski definition) is 2. The van der Waals surface area contributed by atoms with E-state index in [1.54, 1.807) is 13.8 Å². The maximum atomic E-state index is 11.8. The molecule has 0 spiro atoms. The van der Waals surface area contributed by atoms with Gasteiger partial charge in [-0.25, -0.2) is 18.1 Å². The lowest BCUT2D eigenvalue weighted by atomic mass is 9.98. The Labute approximate surface area is 110 Å². The molecule has 0 aliphatic carbocycles. The van der Waals surface area contributed by atoms with E-state index < -0.39 is 15.6 Å². The Morgan fingerprint density at radius 3 is 2.53 bits per heavy atom. The van der Waals surface area contributed by atoms with Crippen molar-refractivity contribution in [1.82, 2.24) is 9.71 Å². The highest BCUT2D eigenvalue weighted by Crippen LogP contribution is 2.23. The molecule has 0 unspecified atom stereocenters. The van der Waals surface area contributed by atoms with E-state index in [4.69, 9.17) is 11.6 Å². The zero-order chi connectivity index (χ0) is 13.1. The van der Waals surface area contributed by atoms with Crippen molar-refractivity contribution in [3.05, 3.63) is 10.7 Å². The van der Waals surface area contributed by atoms with E-state index in [1.165, 1.54) is 6.20 Å². The van der Waals surface area contributed by atoms with E-state index in [-0.39, 0.29) is 15.2 Å². The van der Waals surface area contributed by atoms with E-state index in [9.17, 15) is 13.5 Å². The molecule has 8 heteroatoms. The van der Waals surface area contributed by atoms with Crippen molar-refractivity contribution in [2.24, 2.45) is 0 Å². The highest BCUT2D eigenvalue weighted by molar-refractivity contribution is 7.91. The third-order valence-electron chi connectivity index (χ3n) is 2.63. The van der Waals surface area contributed by atoms with Gasteiger partial charge in [-0.15, -0.1) is 0 Å². The van der Waals surface area contributed by atoms with E-state index in [0.29, 0.717) is 12.8 Å². The zero-order valence-electron chi connectivity index (χ0n) is 9.60. The molecule has 0 amide bonds. The monoisotopic (exact) mass is 298 g/mol. The molecule has 0 saturated carbocycles. The molecule has 17 heavy (non-hydrogen) atoms. The largest absolute Gasteiger partial charge is 0.389 e. The summed E-state index contributed by atoms with van der Waals surface area (Å²) in [6.07, 6.45) is 2.16. The number of hydrogen-bond acceptors (Lipinski definition) is 5.